The first-order valence-electron chi connectivity index (χ1n) is 6.00. The van der Waals surface area contributed by atoms with Crippen LogP contribution in [0.3, 0.4) is 0 Å². The molecule has 0 N–H and O–H groups in total. The van der Waals surface area contributed by atoms with Crippen LogP contribution in [0.1, 0.15) is 10.5 Å². The third-order valence-corrected chi connectivity index (χ3v) is 3.56. The quantitative estimate of drug-likeness (QED) is 0.689. The zero-order valence-electron chi connectivity index (χ0n) is 10.7. The van der Waals surface area contributed by atoms with Crippen molar-refractivity contribution in [1.82, 2.24) is 9.38 Å². The number of aldehydes is 1. The number of pyridine rings is 1. The van der Waals surface area contributed by atoms with Crippen LogP contribution < -0.4 is 4.74 Å². The van der Waals surface area contributed by atoms with E-state index in [1.807, 2.05) is 47.0 Å². The van der Waals surface area contributed by atoms with Crippen molar-refractivity contribution >= 4 is 27.7 Å². The van der Waals surface area contributed by atoms with E-state index in [1.165, 1.54) is 0 Å². The average molecular weight is 331 g/mol. The van der Waals surface area contributed by atoms with Crippen LogP contribution in [0, 0.1) is 0 Å². The number of nitrogens with zero attached hydrogens (tertiary/aromatic N) is 2. The molecule has 1 aromatic carbocycles. The zero-order chi connectivity index (χ0) is 14.1. The van der Waals surface area contributed by atoms with Gasteiger partial charge in [-0.2, -0.15) is 0 Å². The van der Waals surface area contributed by atoms with Gasteiger partial charge in [-0.3, -0.25) is 9.20 Å². The molecule has 0 saturated carbocycles. The van der Waals surface area contributed by atoms with E-state index in [-0.39, 0.29) is 0 Å². The Bertz CT molecular complexity index is 796. The average Bonchev–Trinajstić information content (AvgIpc) is 2.85. The van der Waals surface area contributed by atoms with Gasteiger partial charge in [-0.25, -0.2) is 4.98 Å². The Morgan fingerprint density at radius 2 is 2.15 bits per heavy atom. The van der Waals surface area contributed by atoms with Gasteiger partial charge in [0.25, 0.3) is 0 Å². The lowest BCUT2D eigenvalue weighted by atomic mass is 10.2. The summed E-state index contributed by atoms with van der Waals surface area (Å²) in [6, 6.07) is 11.4. The number of methoxy groups -OCH3 is 1. The molecule has 0 atom stereocenters. The number of benzene rings is 1. The lowest BCUT2D eigenvalue weighted by molar-refractivity contribution is 0.112. The van der Waals surface area contributed by atoms with E-state index in [4.69, 9.17) is 4.74 Å². The summed E-state index contributed by atoms with van der Waals surface area (Å²) < 4.78 is 8.06. The molecule has 0 saturated heterocycles. The summed E-state index contributed by atoms with van der Waals surface area (Å²) in [5, 5.41) is 0. The first kappa shape index (κ1) is 12.9. The lowest BCUT2D eigenvalue weighted by Gasteiger charge is -2.04. The van der Waals surface area contributed by atoms with Gasteiger partial charge in [-0.05, 0) is 24.3 Å². The number of rotatable bonds is 3. The Labute approximate surface area is 124 Å². The predicted octanol–water partition coefficient (Wildman–Crippen LogP) is 3.58. The summed E-state index contributed by atoms with van der Waals surface area (Å²) in [7, 11) is 1.61. The monoisotopic (exact) mass is 330 g/mol. The molecule has 2 aromatic heterocycles. The van der Waals surface area contributed by atoms with E-state index in [2.05, 4.69) is 20.9 Å². The molecule has 2 heterocycles. The van der Waals surface area contributed by atoms with Gasteiger partial charge in [0.1, 0.15) is 17.3 Å². The van der Waals surface area contributed by atoms with E-state index in [0.717, 1.165) is 21.8 Å². The molecule has 0 aliphatic carbocycles. The van der Waals surface area contributed by atoms with E-state index in [0.29, 0.717) is 17.3 Å². The van der Waals surface area contributed by atoms with Crippen LogP contribution in [-0.2, 0) is 0 Å². The fourth-order valence-electron chi connectivity index (χ4n) is 2.13. The summed E-state index contributed by atoms with van der Waals surface area (Å²) in [6.45, 7) is 0. The molecule has 20 heavy (non-hydrogen) atoms. The molecule has 5 heteroatoms. The van der Waals surface area contributed by atoms with Crippen molar-refractivity contribution in [3.8, 4) is 17.1 Å². The fraction of sp³-hybridized carbons (Fsp3) is 0.0667. The molecule has 0 fully saturated rings. The number of imidazole rings is 1. The van der Waals surface area contributed by atoms with E-state index in [1.54, 1.807) is 7.11 Å². The van der Waals surface area contributed by atoms with Crippen LogP contribution >= 0.6 is 15.9 Å². The topological polar surface area (TPSA) is 43.6 Å². The number of fused-ring (bicyclic) bond motifs is 1. The zero-order valence-corrected chi connectivity index (χ0v) is 12.3. The van der Waals surface area contributed by atoms with Gasteiger partial charge in [0.05, 0.1) is 18.8 Å². The number of halogens is 1. The second kappa shape index (κ2) is 5.09. The second-order valence-electron chi connectivity index (χ2n) is 4.27. The summed E-state index contributed by atoms with van der Waals surface area (Å²) >= 11 is 3.44. The van der Waals surface area contributed by atoms with Gasteiger partial charge in [0.15, 0.2) is 6.29 Å². The molecule has 0 amide bonds. The van der Waals surface area contributed by atoms with Crippen LogP contribution in [0.4, 0.5) is 0 Å². The Hall–Kier alpha value is -2.14. The largest absolute Gasteiger partial charge is 0.495 e. The third kappa shape index (κ3) is 2.10. The third-order valence-electron chi connectivity index (χ3n) is 3.07. The summed E-state index contributed by atoms with van der Waals surface area (Å²) in [4.78, 5) is 15.6. The molecule has 0 spiro atoms. The summed E-state index contributed by atoms with van der Waals surface area (Å²) in [5.41, 5.74) is 2.11. The SMILES string of the molecule is COc1ccc2c(C=O)nc(-c3cccc(Br)c3)n2c1. The van der Waals surface area contributed by atoms with Crippen molar-refractivity contribution < 1.29 is 9.53 Å². The summed E-state index contributed by atoms with van der Waals surface area (Å²) in [5.74, 6) is 1.42. The lowest BCUT2D eigenvalue weighted by Crippen LogP contribution is -1.91. The van der Waals surface area contributed by atoms with Gasteiger partial charge in [0, 0.05) is 10.0 Å². The molecule has 0 radical (unpaired) electrons. The van der Waals surface area contributed by atoms with Crippen molar-refractivity contribution in [2.24, 2.45) is 0 Å². The van der Waals surface area contributed by atoms with E-state index in [9.17, 15) is 4.79 Å². The maximum absolute atomic E-state index is 11.2. The Morgan fingerprint density at radius 3 is 2.85 bits per heavy atom. The molecule has 0 bridgehead atoms. The highest BCUT2D eigenvalue weighted by Gasteiger charge is 2.13. The molecule has 3 rings (SSSR count). The van der Waals surface area contributed by atoms with Crippen LogP contribution in [0.25, 0.3) is 16.9 Å². The Balaban J connectivity index is 2.31. The number of carbonyl (C=O) groups is 1. The first-order valence-corrected chi connectivity index (χ1v) is 6.79. The van der Waals surface area contributed by atoms with Gasteiger partial charge in [0.2, 0.25) is 0 Å². The molecular formula is C15H11BrN2O2. The van der Waals surface area contributed by atoms with Crippen LogP contribution in [-0.4, -0.2) is 22.8 Å². The fourth-order valence-corrected chi connectivity index (χ4v) is 2.53. The molecular weight excluding hydrogens is 320 g/mol. The molecule has 0 aliphatic heterocycles. The molecule has 100 valence electrons. The minimum atomic E-state index is 0.419. The van der Waals surface area contributed by atoms with Gasteiger partial charge < -0.3 is 4.74 Å². The van der Waals surface area contributed by atoms with Gasteiger partial charge in [-0.1, -0.05) is 28.1 Å². The number of aromatic nitrogens is 2. The van der Waals surface area contributed by atoms with E-state index >= 15 is 0 Å². The smallest absolute Gasteiger partial charge is 0.170 e. The van der Waals surface area contributed by atoms with Crippen LogP contribution in [0.2, 0.25) is 0 Å². The first-order chi connectivity index (χ1) is 9.72. The second-order valence-corrected chi connectivity index (χ2v) is 5.19. The highest BCUT2D eigenvalue weighted by Crippen LogP contribution is 2.26. The highest BCUT2D eigenvalue weighted by atomic mass is 79.9. The normalized spacial score (nSPS) is 10.7. The van der Waals surface area contributed by atoms with Crippen LogP contribution in [0.15, 0.2) is 47.1 Å². The molecule has 0 unspecified atom stereocenters. The number of hydrogen-bond acceptors (Lipinski definition) is 3. The molecule has 4 nitrogen and oxygen atoms in total. The standard InChI is InChI=1S/C15H11BrN2O2/c1-20-12-5-6-14-13(9-19)17-15(18(14)8-12)10-3-2-4-11(16)7-10/h2-9H,1H3. The highest BCUT2D eigenvalue weighted by molar-refractivity contribution is 9.10. The number of ether oxygens (including phenoxy) is 1. The van der Waals surface area contributed by atoms with Crippen molar-refractivity contribution in [3.05, 3.63) is 52.8 Å². The predicted molar refractivity (Wildman–Crippen MR) is 80.3 cm³/mol. The maximum Gasteiger partial charge on any atom is 0.170 e. The molecule has 3 aromatic rings. The Morgan fingerprint density at radius 1 is 1.30 bits per heavy atom. The van der Waals surface area contributed by atoms with E-state index < -0.39 is 0 Å². The van der Waals surface area contributed by atoms with Gasteiger partial charge in [-0.15, -0.1) is 0 Å². The molecule has 0 aliphatic rings. The van der Waals surface area contributed by atoms with Gasteiger partial charge >= 0.3 is 0 Å². The number of hydrogen-bond donors (Lipinski definition) is 0. The number of carbonyl (C=O) groups excluding carboxylic acids is 1. The van der Waals surface area contributed by atoms with Crippen molar-refractivity contribution in [3.63, 3.8) is 0 Å². The summed E-state index contributed by atoms with van der Waals surface area (Å²) in [6.07, 6.45) is 2.59. The van der Waals surface area contributed by atoms with Crippen molar-refractivity contribution in [1.29, 1.82) is 0 Å². The maximum atomic E-state index is 11.2. The Kier molecular flexibility index (Phi) is 3.28. The minimum Gasteiger partial charge on any atom is -0.495 e. The van der Waals surface area contributed by atoms with Crippen LogP contribution in [0.5, 0.6) is 5.75 Å². The minimum absolute atomic E-state index is 0.419. The van der Waals surface area contributed by atoms with Crippen molar-refractivity contribution in [2.75, 3.05) is 7.11 Å². The van der Waals surface area contributed by atoms with Crippen molar-refractivity contribution in [2.45, 2.75) is 0 Å².